The first kappa shape index (κ1) is 6.25. The molecule has 5 N–H and O–H groups in total. The number of nitrogens with one attached hydrogen (secondary N) is 1. The van der Waals surface area contributed by atoms with Gasteiger partial charge in [-0.1, -0.05) is 0 Å². The summed E-state index contributed by atoms with van der Waals surface area (Å²) < 4.78 is 0. The zero-order valence-corrected chi connectivity index (χ0v) is 5.04. The molecule has 0 fully saturated rings. The van der Waals surface area contributed by atoms with Crippen LogP contribution in [0, 0.1) is 0 Å². The number of hydrogen-bond donors (Lipinski definition) is 3. The zero-order valence-electron chi connectivity index (χ0n) is 5.04. The molecular weight excluding hydrogens is 116 g/mol. The van der Waals surface area contributed by atoms with Crippen LogP contribution in [0.3, 0.4) is 0 Å². The van der Waals surface area contributed by atoms with E-state index in [0.29, 0.717) is 6.54 Å². The molecule has 0 aliphatic rings. The largest absolute Gasteiger partial charge is 0.329 e. The highest BCUT2D eigenvalue weighted by Crippen LogP contribution is 2.01. The highest BCUT2D eigenvalue weighted by Gasteiger charge is 2.01. The Morgan fingerprint density at radius 1 is 1.78 bits per heavy atom. The smallest absolute Gasteiger partial charge is 0.0588 e. The van der Waals surface area contributed by atoms with Gasteiger partial charge in [-0.3, -0.25) is 5.10 Å². The van der Waals surface area contributed by atoms with Crippen LogP contribution in [0.25, 0.3) is 0 Å². The molecule has 0 radical (unpaired) electrons. The van der Waals surface area contributed by atoms with Gasteiger partial charge in [0.05, 0.1) is 11.7 Å². The molecule has 0 amide bonds. The molecule has 0 saturated heterocycles. The summed E-state index contributed by atoms with van der Waals surface area (Å²) in [7, 11) is 0. The van der Waals surface area contributed by atoms with Gasteiger partial charge in [-0.15, -0.1) is 0 Å². The summed E-state index contributed by atoms with van der Waals surface area (Å²) >= 11 is 0. The lowest BCUT2D eigenvalue weighted by molar-refractivity contribution is 0.706. The summed E-state index contributed by atoms with van der Waals surface area (Å²) in [6, 6.07) is 1.71. The van der Waals surface area contributed by atoms with Crippen LogP contribution in [0.1, 0.15) is 11.7 Å². The molecule has 1 aromatic heterocycles. The van der Waals surface area contributed by atoms with E-state index in [-0.39, 0.29) is 6.04 Å². The average molecular weight is 126 g/mol. The second kappa shape index (κ2) is 2.61. The molecule has 0 bridgehead atoms. The van der Waals surface area contributed by atoms with E-state index in [2.05, 4.69) is 10.2 Å². The fourth-order valence-corrected chi connectivity index (χ4v) is 0.600. The molecule has 4 heteroatoms. The predicted molar refractivity (Wildman–Crippen MR) is 34.6 cm³/mol. The highest BCUT2D eigenvalue weighted by molar-refractivity contribution is 5.03. The first-order valence-electron chi connectivity index (χ1n) is 2.79. The van der Waals surface area contributed by atoms with Gasteiger partial charge < -0.3 is 11.5 Å². The second-order valence-corrected chi connectivity index (χ2v) is 1.85. The van der Waals surface area contributed by atoms with Gasteiger partial charge in [0.15, 0.2) is 0 Å². The maximum atomic E-state index is 5.54. The van der Waals surface area contributed by atoms with Crippen molar-refractivity contribution in [2.45, 2.75) is 6.04 Å². The third-order valence-corrected chi connectivity index (χ3v) is 1.18. The van der Waals surface area contributed by atoms with Crippen LogP contribution in [-0.2, 0) is 0 Å². The molecule has 1 atom stereocenters. The van der Waals surface area contributed by atoms with Gasteiger partial charge in [0.2, 0.25) is 0 Å². The second-order valence-electron chi connectivity index (χ2n) is 1.85. The third kappa shape index (κ3) is 1.28. The normalized spacial score (nSPS) is 13.6. The molecule has 0 aromatic carbocycles. The fourth-order valence-electron chi connectivity index (χ4n) is 0.600. The van der Waals surface area contributed by atoms with Crippen LogP contribution in [0.2, 0.25) is 0 Å². The molecule has 4 nitrogen and oxygen atoms in total. The molecule has 9 heavy (non-hydrogen) atoms. The van der Waals surface area contributed by atoms with Gasteiger partial charge in [-0.2, -0.15) is 5.10 Å². The Kier molecular flexibility index (Phi) is 1.81. The molecule has 1 rings (SSSR count). The highest BCUT2D eigenvalue weighted by atomic mass is 15.1. The summed E-state index contributed by atoms with van der Waals surface area (Å²) in [6.07, 6.45) is 1.66. The molecular formula is C5H10N4. The van der Waals surface area contributed by atoms with Crippen molar-refractivity contribution in [3.63, 3.8) is 0 Å². The molecule has 1 heterocycles. The zero-order chi connectivity index (χ0) is 6.69. The number of nitrogens with two attached hydrogens (primary N) is 2. The summed E-state index contributed by atoms with van der Waals surface area (Å²) in [6.45, 7) is 0.447. The third-order valence-electron chi connectivity index (χ3n) is 1.18. The van der Waals surface area contributed by atoms with Gasteiger partial charge in [-0.25, -0.2) is 0 Å². The van der Waals surface area contributed by atoms with Crippen molar-refractivity contribution >= 4 is 0 Å². The number of aromatic nitrogens is 2. The van der Waals surface area contributed by atoms with E-state index < -0.39 is 0 Å². The maximum absolute atomic E-state index is 5.54. The van der Waals surface area contributed by atoms with Crippen LogP contribution in [0.5, 0.6) is 0 Å². The molecule has 0 aliphatic heterocycles. The van der Waals surface area contributed by atoms with Crippen LogP contribution < -0.4 is 11.5 Å². The Bertz CT molecular complexity index is 157. The minimum Gasteiger partial charge on any atom is -0.329 e. The lowest BCUT2D eigenvalue weighted by Crippen LogP contribution is -2.20. The Morgan fingerprint density at radius 3 is 3.00 bits per heavy atom. The first-order chi connectivity index (χ1) is 4.34. The lowest BCUT2D eigenvalue weighted by Gasteiger charge is -2.02. The van der Waals surface area contributed by atoms with E-state index in [0.717, 1.165) is 5.69 Å². The Labute approximate surface area is 53.2 Å². The summed E-state index contributed by atoms with van der Waals surface area (Å²) in [5.41, 5.74) is 11.7. The number of nitrogens with zero attached hydrogens (tertiary/aromatic N) is 1. The van der Waals surface area contributed by atoms with Gasteiger partial charge in [-0.05, 0) is 6.07 Å². The van der Waals surface area contributed by atoms with Crippen molar-refractivity contribution < 1.29 is 0 Å². The van der Waals surface area contributed by atoms with E-state index in [9.17, 15) is 0 Å². The van der Waals surface area contributed by atoms with Crippen LogP contribution in [0.15, 0.2) is 12.3 Å². The van der Waals surface area contributed by atoms with Crippen molar-refractivity contribution in [3.05, 3.63) is 18.0 Å². The van der Waals surface area contributed by atoms with Crippen molar-refractivity contribution in [1.29, 1.82) is 0 Å². The summed E-state index contributed by atoms with van der Waals surface area (Å²) in [5.74, 6) is 0. The van der Waals surface area contributed by atoms with E-state index in [1.165, 1.54) is 0 Å². The van der Waals surface area contributed by atoms with Crippen molar-refractivity contribution in [1.82, 2.24) is 10.2 Å². The molecule has 1 aromatic rings. The summed E-state index contributed by atoms with van der Waals surface area (Å²) in [4.78, 5) is 0. The average Bonchev–Trinajstić information content (AvgIpc) is 2.37. The van der Waals surface area contributed by atoms with E-state index in [1.807, 2.05) is 6.07 Å². The summed E-state index contributed by atoms with van der Waals surface area (Å²) in [5, 5.41) is 6.46. The number of H-pyrrole nitrogens is 1. The molecule has 0 saturated carbocycles. The monoisotopic (exact) mass is 126 g/mol. The minimum atomic E-state index is -0.104. The topological polar surface area (TPSA) is 80.7 Å². The van der Waals surface area contributed by atoms with Crippen molar-refractivity contribution in [2.24, 2.45) is 11.5 Å². The van der Waals surface area contributed by atoms with Crippen LogP contribution >= 0.6 is 0 Å². The van der Waals surface area contributed by atoms with Gasteiger partial charge in [0, 0.05) is 12.7 Å². The van der Waals surface area contributed by atoms with Gasteiger partial charge in [0.25, 0.3) is 0 Å². The van der Waals surface area contributed by atoms with Crippen LogP contribution in [-0.4, -0.2) is 16.7 Å². The molecule has 0 spiro atoms. The number of aromatic amines is 1. The van der Waals surface area contributed by atoms with Gasteiger partial charge >= 0.3 is 0 Å². The predicted octanol–water partition coefficient (Wildman–Crippen LogP) is -0.632. The maximum Gasteiger partial charge on any atom is 0.0588 e. The van der Waals surface area contributed by atoms with Gasteiger partial charge in [0.1, 0.15) is 0 Å². The quantitative estimate of drug-likeness (QED) is 0.493. The Balaban J connectivity index is 2.65. The molecule has 1 unspecified atom stereocenters. The SMILES string of the molecule is NCC(N)c1ccn[nH]1. The van der Waals surface area contributed by atoms with Crippen molar-refractivity contribution in [2.75, 3.05) is 6.54 Å². The number of hydrogen-bond acceptors (Lipinski definition) is 3. The van der Waals surface area contributed by atoms with E-state index in [4.69, 9.17) is 11.5 Å². The lowest BCUT2D eigenvalue weighted by atomic mass is 10.2. The van der Waals surface area contributed by atoms with E-state index >= 15 is 0 Å². The Morgan fingerprint density at radius 2 is 2.56 bits per heavy atom. The Hall–Kier alpha value is -0.870. The minimum absolute atomic E-state index is 0.104. The first-order valence-corrected chi connectivity index (χ1v) is 2.79. The van der Waals surface area contributed by atoms with Crippen LogP contribution in [0.4, 0.5) is 0 Å². The molecule has 0 aliphatic carbocycles. The van der Waals surface area contributed by atoms with E-state index in [1.54, 1.807) is 6.20 Å². The standard InChI is InChI=1S/C5H10N4/c6-3-4(7)5-1-2-8-9-5/h1-2,4H,3,6-7H2,(H,8,9). The molecule has 50 valence electrons. The number of rotatable bonds is 2. The fraction of sp³-hybridized carbons (Fsp3) is 0.400. The van der Waals surface area contributed by atoms with Crippen molar-refractivity contribution in [3.8, 4) is 0 Å².